The van der Waals surface area contributed by atoms with E-state index in [-0.39, 0.29) is 0 Å². The van der Waals surface area contributed by atoms with Gasteiger partial charge >= 0.3 is 0 Å². The van der Waals surface area contributed by atoms with Gasteiger partial charge in [-0.25, -0.2) is 0 Å². The van der Waals surface area contributed by atoms with Crippen LogP contribution in [-0.4, -0.2) is 31.2 Å². The Labute approximate surface area is 64.6 Å². The quantitative estimate of drug-likeness (QED) is 0.529. The van der Waals surface area contributed by atoms with E-state index >= 15 is 0 Å². The second kappa shape index (κ2) is 2.91. The van der Waals surface area contributed by atoms with Crippen LogP contribution in [0.15, 0.2) is 0 Å². The fraction of sp³-hybridized carbons (Fsp3) is 1.00. The standard InChI is InChI=1S/C9H20N/c1-4-8-10(2,3)9-6-5-7-9/h9H,4-8H2,1-3H3/q+1. The Balaban J connectivity index is 2.33. The predicted molar refractivity (Wildman–Crippen MR) is 44.9 cm³/mol. The maximum absolute atomic E-state index is 2.37. The molecule has 1 saturated carbocycles. The van der Waals surface area contributed by atoms with Gasteiger partial charge in [-0.05, 0) is 25.7 Å². The van der Waals surface area contributed by atoms with Gasteiger partial charge in [0, 0.05) is 0 Å². The lowest BCUT2D eigenvalue weighted by atomic mass is 9.90. The van der Waals surface area contributed by atoms with Crippen LogP contribution in [0.2, 0.25) is 0 Å². The van der Waals surface area contributed by atoms with Crippen LogP contribution in [0.1, 0.15) is 32.6 Å². The fourth-order valence-corrected chi connectivity index (χ4v) is 1.84. The maximum Gasteiger partial charge on any atom is 0.0886 e. The minimum Gasteiger partial charge on any atom is -0.326 e. The molecule has 10 heavy (non-hydrogen) atoms. The van der Waals surface area contributed by atoms with Gasteiger partial charge in [0.05, 0.1) is 26.7 Å². The van der Waals surface area contributed by atoms with E-state index in [1.54, 1.807) is 0 Å². The van der Waals surface area contributed by atoms with E-state index in [1.165, 1.54) is 36.7 Å². The molecule has 0 aliphatic heterocycles. The zero-order valence-electron chi connectivity index (χ0n) is 7.56. The van der Waals surface area contributed by atoms with Crippen molar-refractivity contribution >= 4 is 0 Å². The molecule has 0 unspecified atom stereocenters. The molecule has 1 fully saturated rings. The third-order valence-corrected chi connectivity index (χ3v) is 2.86. The summed E-state index contributed by atoms with van der Waals surface area (Å²) in [5.41, 5.74) is 0. The molecular formula is C9H20N+. The van der Waals surface area contributed by atoms with E-state index in [1.807, 2.05) is 0 Å². The lowest BCUT2D eigenvalue weighted by Crippen LogP contribution is -2.52. The van der Waals surface area contributed by atoms with Crippen molar-refractivity contribution in [1.82, 2.24) is 0 Å². The SMILES string of the molecule is CCC[N+](C)(C)C1CCC1. The summed E-state index contributed by atoms with van der Waals surface area (Å²) < 4.78 is 1.26. The third-order valence-electron chi connectivity index (χ3n) is 2.86. The van der Waals surface area contributed by atoms with Gasteiger partial charge in [-0.3, -0.25) is 0 Å². The number of nitrogens with zero attached hydrogens (tertiary/aromatic N) is 1. The molecule has 0 atom stereocenters. The molecule has 0 radical (unpaired) electrons. The molecule has 1 aliphatic carbocycles. The summed E-state index contributed by atoms with van der Waals surface area (Å²) in [6.45, 7) is 3.63. The van der Waals surface area contributed by atoms with Gasteiger partial charge in [0.15, 0.2) is 0 Å². The van der Waals surface area contributed by atoms with Crippen LogP contribution in [0.25, 0.3) is 0 Å². The predicted octanol–water partition coefficient (Wildman–Crippen LogP) is 2.03. The number of rotatable bonds is 3. The largest absolute Gasteiger partial charge is 0.326 e. The zero-order valence-corrected chi connectivity index (χ0v) is 7.56. The van der Waals surface area contributed by atoms with Crippen molar-refractivity contribution in [3.63, 3.8) is 0 Å². The molecule has 0 bridgehead atoms. The van der Waals surface area contributed by atoms with Gasteiger partial charge in [-0.2, -0.15) is 0 Å². The molecule has 1 heteroatoms. The lowest BCUT2D eigenvalue weighted by molar-refractivity contribution is -0.920. The Morgan fingerprint density at radius 1 is 1.30 bits per heavy atom. The summed E-state index contributed by atoms with van der Waals surface area (Å²) >= 11 is 0. The Bertz CT molecular complexity index is 103. The molecule has 0 heterocycles. The van der Waals surface area contributed by atoms with Crippen LogP contribution >= 0.6 is 0 Å². The minimum atomic E-state index is 0.986. The van der Waals surface area contributed by atoms with E-state index in [9.17, 15) is 0 Å². The van der Waals surface area contributed by atoms with E-state index in [0.717, 1.165) is 6.04 Å². The van der Waals surface area contributed by atoms with Gasteiger partial charge < -0.3 is 4.48 Å². The van der Waals surface area contributed by atoms with Crippen LogP contribution in [0.5, 0.6) is 0 Å². The highest BCUT2D eigenvalue weighted by atomic mass is 15.3. The smallest absolute Gasteiger partial charge is 0.0886 e. The second-order valence-corrected chi connectivity index (χ2v) is 4.09. The molecule has 1 aliphatic rings. The van der Waals surface area contributed by atoms with Gasteiger partial charge in [0.2, 0.25) is 0 Å². The molecule has 60 valence electrons. The first-order valence-electron chi connectivity index (χ1n) is 4.49. The van der Waals surface area contributed by atoms with E-state index in [0.29, 0.717) is 0 Å². The topological polar surface area (TPSA) is 0 Å². The average Bonchev–Trinajstić information content (AvgIpc) is 1.56. The van der Waals surface area contributed by atoms with Crippen LogP contribution in [0.4, 0.5) is 0 Å². The third kappa shape index (κ3) is 1.51. The minimum absolute atomic E-state index is 0.986. The Kier molecular flexibility index (Phi) is 2.35. The van der Waals surface area contributed by atoms with Crippen molar-refractivity contribution in [3.8, 4) is 0 Å². The Hall–Kier alpha value is -0.0400. The highest BCUT2D eigenvalue weighted by Gasteiger charge is 2.32. The molecule has 0 aromatic rings. The first-order valence-corrected chi connectivity index (χ1v) is 4.49. The summed E-state index contributed by atoms with van der Waals surface area (Å²) in [5, 5.41) is 0. The second-order valence-electron chi connectivity index (χ2n) is 4.09. The lowest BCUT2D eigenvalue weighted by Gasteiger charge is -2.42. The van der Waals surface area contributed by atoms with Crippen molar-refractivity contribution in [2.75, 3.05) is 20.6 Å². The summed E-state index contributed by atoms with van der Waals surface area (Å²) in [6.07, 6.45) is 5.72. The summed E-state index contributed by atoms with van der Waals surface area (Å²) in [6, 6.07) is 0.986. The van der Waals surface area contributed by atoms with E-state index in [2.05, 4.69) is 21.0 Å². The number of hydrogen-bond donors (Lipinski definition) is 0. The maximum atomic E-state index is 2.37. The van der Waals surface area contributed by atoms with Gasteiger partial charge in [-0.1, -0.05) is 6.92 Å². The normalized spacial score (nSPS) is 20.7. The molecule has 0 N–H and O–H groups in total. The molecule has 1 rings (SSSR count). The van der Waals surface area contributed by atoms with Crippen molar-refractivity contribution in [2.45, 2.75) is 38.6 Å². The molecular weight excluding hydrogens is 122 g/mol. The summed E-state index contributed by atoms with van der Waals surface area (Å²) in [4.78, 5) is 0. The molecule has 0 aromatic carbocycles. The monoisotopic (exact) mass is 142 g/mol. The van der Waals surface area contributed by atoms with Crippen LogP contribution < -0.4 is 0 Å². The zero-order chi connectivity index (χ0) is 7.61. The highest BCUT2D eigenvalue weighted by Crippen LogP contribution is 2.28. The Morgan fingerprint density at radius 2 is 1.90 bits per heavy atom. The van der Waals surface area contributed by atoms with Crippen molar-refractivity contribution < 1.29 is 4.48 Å². The molecule has 1 nitrogen and oxygen atoms in total. The Morgan fingerprint density at radius 3 is 2.20 bits per heavy atom. The van der Waals surface area contributed by atoms with Crippen LogP contribution in [-0.2, 0) is 0 Å². The van der Waals surface area contributed by atoms with Crippen molar-refractivity contribution in [3.05, 3.63) is 0 Å². The van der Waals surface area contributed by atoms with Crippen molar-refractivity contribution in [2.24, 2.45) is 0 Å². The molecule has 0 amide bonds. The number of hydrogen-bond acceptors (Lipinski definition) is 0. The molecule has 0 saturated heterocycles. The highest BCUT2D eigenvalue weighted by molar-refractivity contribution is 4.69. The summed E-state index contributed by atoms with van der Waals surface area (Å²) in [7, 11) is 4.74. The average molecular weight is 142 g/mol. The van der Waals surface area contributed by atoms with Gasteiger partial charge in [0.1, 0.15) is 0 Å². The fourth-order valence-electron chi connectivity index (χ4n) is 1.84. The summed E-state index contributed by atoms with van der Waals surface area (Å²) in [5.74, 6) is 0. The number of quaternary nitrogens is 1. The van der Waals surface area contributed by atoms with Crippen LogP contribution in [0, 0.1) is 0 Å². The molecule has 0 spiro atoms. The van der Waals surface area contributed by atoms with Gasteiger partial charge in [-0.15, -0.1) is 0 Å². The van der Waals surface area contributed by atoms with Crippen LogP contribution in [0.3, 0.4) is 0 Å². The van der Waals surface area contributed by atoms with E-state index < -0.39 is 0 Å². The van der Waals surface area contributed by atoms with Gasteiger partial charge in [0.25, 0.3) is 0 Å². The first kappa shape index (κ1) is 8.06. The molecule has 0 aromatic heterocycles. The first-order chi connectivity index (χ1) is 4.67. The van der Waals surface area contributed by atoms with Crippen molar-refractivity contribution in [1.29, 1.82) is 0 Å². The van der Waals surface area contributed by atoms with E-state index in [4.69, 9.17) is 0 Å².